The van der Waals surface area contributed by atoms with Gasteiger partial charge in [0.15, 0.2) is 17.6 Å². The van der Waals surface area contributed by atoms with Gasteiger partial charge >= 0.3 is 11.9 Å². The Bertz CT molecular complexity index is 785. The van der Waals surface area contributed by atoms with Crippen molar-refractivity contribution in [3.05, 3.63) is 35.9 Å². The molecule has 0 spiro atoms. The maximum Gasteiger partial charge on any atom is 0.344 e. The highest BCUT2D eigenvalue weighted by Crippen LogP contribution is 2.30. The van der Waals surface area contributed by atoms with E-state index < -0.39 is 24.6 Å². The lowest BCUT2D eigenvalue weighted by molar-refractivity contribution is -0.144. The maximum absolute atomic E-state index is 12.2. The lowest BCUT2D eigenvalue weighted by Gasteiger charge is -2.16. The molecule has 0 saturated carbocycles. The van der Waals surface area contributed by atoms with Crippen molar-refractivity contribution >= 4 is 17.7 Å². The molecular weight excluding hydrogens is 428 g/mol. The van der Waals surface area contributed by atoms with Gasteiger partial charge < -0.3 is 24.4 Å². The van der Waals surface area contributed by atoms with E-state index in [9.17, 15) is 14.4 Å². The molecule has 0 radical (unpaired) electrons. The Morgan fingerprint density at radius 3 is 2.42 bits per heavy atom. The highest BCUT2D eigenvalue weighted by molar-refractivity contribution is 5.78. The number of unbranched alkanes of at least 4 members (excludes halogenated alkanes) is 2. The Labute approximate surface area is 195 Å². The smallest absolute Gasteiger partial charge is 0.344 e. The third kappa shape index (κ3) is 13.3. The van der Waals surface area contributed by atoms with Gasteiger partial charge in [0.1, 0.15) is 19.0 Å². The fraction of sp³-hybridized carbons (Fsp3) is 0.560. The van der Waals surface area contributed by atoms with Gasteiger partial charge in [-0.05, 0) is 56.2 Å². The van der Waals surface area contributed by atoms with Crippen LogP contribution < -0.4 is 9.47 Å². The molecule has 0 bridgehead atoms. The SMILES string of the molecule is CC(C)/C=C/CCCCC(=O)CCc1ccc(OCCOCC(=O)O)c(OC(C)C(=O)O)c1. The Morgan fingerprint density at radius 1 is 1.00 bits per heavy atom. The van der Waals surface area contributed by atoms with E-state index in [1.165, 1.54) is 6.92 Å². The van der Waals surface area contributed by atoms with Gasteiger partial charge in [0.25, 0.3) is 0 Å². The molecule has 0 fully saturated rings. The summed E-state index contributed by atoms with van der Waals surface area (Å²) in [6.07, 6.45) is 7.55. The molecule has 184 valence electrons. The van der Waals surface area contributed by atoms with Crippen molar-refractivity contribution in [2.45, 2.75) is 65.4 Å². The minimum Gasteiger partial charge on any atom is -0.487 e. The molecular formula is C25H36O8. The van der Waals surface area contributed by atoms with Gasteiger partial charge in [-0.15, -0.1) is 0 Å². The summed E-state index contributed by atoms with van der Waals surface area (Å²) in [5.74, 6) is -0.872. The molecule has 33 heavy (non-hydrogen) atoms. The predicted octanol–water partition coefficient (Wildman–Crippen LogP) is 4.29. The fourth-order valence-electron chi connectivity index (χ4n) is 2.89. The highest BCUT2D eigenvalue weighted by atomic mass is 16.6. The van der Waals surface area contributed by atoms with Gasteiger partial charge in [0.2, 0.25) is 0 Å². The van der Waals surface area contributed by atoms with Gasteiger partial charge in [-0.3, -0.25) is 4.79 Å². The molecule has 1 aromatic carbocycles. The van der Waals surface area contributed by atoms with E-state index in [0.717, 1.165) is 24.8 Å². The molecule has 0 amide bonds. The van der Waals surface area contributed by atoms with E-state index in [4.69, 9.17) is 24.4 Å². The number of hydrogen-bond donors (Lipinski definition) is 2. The molecule has 1 atom stereocenters. The molecule has 0 aliphatic rings. The summed E-state index contributed by atoms with van der Waals surface area (Å²) in [7, 11) is 0. The Kier molecular flexibility index (Phi) is 13.5. The molecule has 0 aromatic heterocycles. The average molecular weight is 465 g/mol. The zero-order valence-corrected chi connectivity index (χ0v) is 19.7. The number of ether oxygens (including phenoxy) is 3. The van der Waals surface area contributed by atoms with Crippen molar-refractivity contribution in [2.24, 2.45) is 5.92 Å². The zero-order valence-electron chi connectivity index (χ0n) is 19.7. The van der Waals surface area contributed by atoms with Crippen molar-refractivity contribution in [3.8, 4) is 11.5 Å². The van der Waals surface area contributed by atoms with Crippen LogP contribution in [0.1, 0.15) is 58.4 Å². The van der Waals surface area contributed by atoms with Gasteiger partial charge in [-0.1, -0.05) is 32.1 Å². The van der Waals surface area contributed by atoms with Gasteiger partial charge in [0, 0.05) is 12.8 Å². The second-order valence-corrected chi connectivity index (χ2v) is 8.13. The summed E-state index contributed by atoms with van der Waals surface area (Å²) in [6, 6.07) is 5.13. The number of aryl methyl sites for hydroxylation is 1. The molecule has 1 aromatic rings. The number of Topliss-reactive ketones (excluding diaryl/α,β-unsaturated/α-hetero) is 1. The van der Waals surface area contributed by atoms with Crippen LogP contribution in [0.4, 0.5) is 0 Å². The number of rotatable bonds is 18. The minimum absolute atomic E-state index is 0.0593. The summed E-state index contributed by atoms with van der Waals surface area (Å²) in [6.45, 7) is 5.39. The van der Waals surface area contributed by atoms with Crippen LogP contribution in [0.2, 0.25) is 0 Å². The van der Waals surface area contributed by atoms with Crippen molar-refractivity contribution in [1.29, 1.82) is 0 Å². The summed E-state index contributed by atoms with van der Waals surface area (Å²) in [5, 5.41) is 17.7. The van der Waals surface area contributed by atoms with E-state index in [2.05, 4.69) is 26.0 Å². The normalized spacial score (nSPS) is 12.1. The molecule has 0 heterocycles. The van der Waals surface area contributed by atoms with E-state index in [0.29, 0.717) is 30.9 Å². The van der Waals surface area contributed by atoms with Crippen LogP contribution in [0.3, 0.4) is 0 Å². The fourth-order valence-corrected chi connectivity index (χ4v) is 2.89. The number of allylic oxidation sites excluding steroid dienone is 2. The number of carboxylic acids is 2. The molecule has 0 aliphatic heterocycles. The lowest BCUT2D eigenvalue weighted by Crippen LogP contribution is -2.23. The first-order chi connectivity index (χ1) is 15.7. The monoisotopic (exact) mass is 464 g/mol. The number of benzene rings is 1. The molecule has 8 heteroatoms. The second-order valence-electron chi connectivity index (χ2n) is 8.13. The summed E-state index contributed by atoms with van der Waals surface area (Å²) >= 11 is 0. The number of carbonyl (C=O) groups excluding carboxylic acids is 1. The number of ketones is 1. The van der Waals surface area contributed by atoms with Crippen LogP contribution >= 0.6 is 0 Å². The van der Waals surface area contributed by atoms with E-state index in [1.807, 2.05) is 0 Å². The number of carbonyl (C=O) groups is 3. The quantitative estimate of drug-likeness (QED) is 0.244. The summed E-state index contributed by atoms with van der Waals surface area (Å²) in [4.78, 5) is 33.9. The average Bonchev–Trinajstić information content (AvgIpc) is 2.75. The second kappa shape index (κ2) is 15.9. The molecule has 1 rings (SSSR count). The van der Waals surface area contributed by atoms with Crippen molar-refractivity contribution < 1.29 is 38.8 Å². The summed E-state index contributed by atoms with van der Waals surface area (Å²) < 4.78 is 16.0. The molecule has 1 unspecified atom stereocenters. The first kappa shape index (κ1) is 28.2. The van der Waals surface area contributed by atoms with Gasteiger partial charge in [0.05, 0.1) is 6.61 Å². The van der Waals surface area contributed by atoms with Crippen LogP contribution in [0.15, 0.2) is 30.4 Å². The Balaban J connectivity index is 2.59. The van der Waals surface area contributed by atoms with Crippen LogP contribution in [-0.4, -0.2) is 53.9 Å². The zero-order chi connectivity index (χ0) is 24.6. The highest BCUT2D eigenvalue weighted by Gasteiger charge is 2.16. The Hall–Kier alpha value is -2.87. The lowest BCUT2D eigenvalue weighted by atomic mass is 10.0. The first-order valence-electron chi connectivity index (χ1n) is 11.3. The molecule has 0 saturated heterocycles. The third-order valence-corrected chi connectivity index (χ3v) is 4.66. The van der Waals surface area contributed by atoms with E-state index in [-0.39, 0.29) is 24.7 Å². The first-order valence-corrected chi connectivity index (χ1v) is 11.3. The maximum atomic E-state index is 12.2. The standard InChI is InChI=1S/C25H36O8/c1-18(2)8-6-4-5-7-9-21(26)12-10-20-11-13-22(32-15-14-31-17-24(27)28)23(16-20)33-19(3)25(29)30/h6,8,11,13,16,18-19H,4-5,7,9-10,12,14-15,17H2,1-3H3,(H,27,28)(H,29,30)/b8-6+. The Morgan fingerprint density at radius 2 is 1.76 bits per heavy atom. The van der Waals surface area contributed by atoms with Crippen LogP contribution in [0, 0.1) is 5.92 Å². The minimum atomic E-state index is -1.12. The van der Waals surface area contributed by atoms with Crippen molar-refractivity contribution in [3.63, 3.8) is 0 Å². The topological polar surface area (TPSA) is 119 Å². The summed E-state index contributed by atoms with van der Waals surface area (Å²) in [5.41, 5.74) is 0.838. The van der Waals surface area contributed by atoms with Crippen LogP contribution in [-0.2, 0) is 25.5 Å². The molecule has 0 aliphatic carbocycles. The van der Waals surface area contributed by atoms with Gasteiger partial charge in [-0.2, -0.15) is 0 Å². The van der Waals surface area contributed by atoms with Crippen LogP contribution in [0.5, 0.6) is 11.5 Å². The van der Waals surface area contributed by atoms with E-state index in [1.54, 1.807) is 18.2 Å². The van der Waals surface area contributed by atoms with Crippen LogP contribution in [0.25, 0.3) is 0 Å². The molecule has 8 nitrogen and oxygen atoms in total. The van der Waals surface area contributed by atoms with E-state index >= 15 is 0 Å². The van der Waals surface area contributed by atoms with Crippen molar-refractivity contribution in [2.75, 3.05) is 19.8 Å². The van der Waals surface area contributed by atoms with Crippen molar-refractivity contribution in [1.82, 2.24) is 0 Å². The molecule has 2 N–H and O–H groups in total. The number of carboxylic acid groups (broad SMARTS) is 2. The van der Waals surface area contributed by atoms with Gasteiger partial charge in [-0.25, -0.2) is 9.59 Å². The number of hydrogen-bond acceptors (Lipinski definition) is 6. The number of aliphatic carboxylic acids is 2. The third-order valence-electron chi connectivity index (χ3n) is 4.66. The predicted molar refractivity (Wildman–Crippen MR) is 124 cm³/mol. The largest absolute Gasteiger partial charge is 0.487 e.